The monoisotopic (exact) mass is 297 g/mol. The molecule has 0 radical (unpaired) electrons. The number of anilines is 1. The molecule has 2 aromatic rings. The van der Waals surface area contributed by atoms with E-state index in [0.717, 1.165) is 5.03 Å². The van der Waals surface area contributed by atoms with Crippen molar-refractivity contribution < 1.29 is 14.9 Å². The van der Waals surface area contributed by atoms with E-state index < -0.39 is 18.4 Å². The van der Waals surface area contributed by atoms with Crippen molar-refractivity contribution in [3.63, 3.8) is 0 Å². The second-order valence-corrected chi connectivity index (χ2v) is 5.32. The van der Waals surface area contributed by atoms with Gasteiger partial charge in [-0.2, -0.15) is 0 Å². The standard InChI is InChI=1S/C11H15N5O3S/c1-20-11-8-9(12)13-4-14-10(8)15-16(11)7-2-5(18)6(3-17)19-7/h4-7,17-18H,2-3H2,1H3,(H2,12,13,14,15)/t5-,6+,7+/m0/s1. The van der Waals surface area contributed by atoms with Crippen LogP contribution in [-0.2, 0) is 4.74 Å². The summed E-state index contributed by atoms with van der Waals surface area (Å²) in [6, 6.07) is 0. The zero-order valence-corrected chi connectivity index (χ0v) is 11.6. The van der Waals surface area contributed by atoms with Gasteiger partial charge in [-0.05, 0) is 6.26 Å². The van der Waals surface area contributed by atoms with Crippen molar-refractivity contribution in [2.24, 2.45) is 0 Å². The first-order valence-corrected chi connectivity index (χ1v) is 7.35. The van der Waals surface area contributed by atoms with Crippen molar-refractivity contribution in [3.05, 3.63) is 6.33 Å². The molecular weight excluding hydrogens is 282 g/mol. The van der Waals surface area contributed by atoms with Gasteiger partial charge in [0.1, 0.15) is 23.3 Å². The molecule has 1 aliphatic heterocycles. The number of nitrogens with two attached hydrogens (primary N) is 1. The molecule has 20 heavy (non-hydrogen) atoms. The third-order valence-corrected chi connectivity index (χ3v) is 4.11. The molecule has 8 nitrogen and oxygen atoms in total. The van der Waals surface area contributed by atoms with Crippen LogP contribution in [0.5, 0.6) is 0 Å². The molecule has 0 bridgehead atoms. The van der Waals surface area contributed by atoms with E-state index in [2.05, 4.69) is 15.1 Å². The van der Waals surface area contributed by atoms with E-state index in [1.807, 2.05) is 6.26 Å². The molecule has 3 rings (SSSR count). The molecule has 9 heteroatoms. The summed E-state index contributed by atoms with van der Waals surface area (Å²) in [7, 11) is 0. The number of aromatic nitrogens is 4. The number of aliphatic hydroxyl groups excluding tert-OH is 2. The Morgan fingerprint density at radius 2 is 2.35 bits per heavy atom. The minimum Gasteiger partial charge on any atom is -0.394 e. The van der Waals surface area contributed by atoms with Gasteiger partial charge in [0.05, 0.1) is 18.1 Å². The number of hydrogen-bond acceptors (Lipinski definition) is 8. The van der Waals surface area contributed by atoms with Crippen LogP contribution in [0.3, 0.4) is 0 Å². The highest BCUT2D eigenvalue weighted by Crippen LogP contribution is 2.36. The van der Waals surface area contributed by atoms with Crippen molar-refractivity contribution >= 4 is 28.6 Å². The molecular formula is C11H15N5O3S. The van der Waals surface area contributed by atoms with Gasteiger partial charge >= 0.3 is 0 Å². The normalized spacial score (nSPS) is 26.4. The topological polar surface area (TPSA) is 119 Å². The molecule has 3 heterocycles. The lowest BCUT2D eigenvalue weighted by Crippen LogP contribution is -2.24. The van der Waals surface area contributed by atoms with Crippen LogP contribution < -0.4 is 5.73 Å². The molecule has 0 aromatic carbocycles. The molecule has 4 N–H and O–H groups in total. The predicted octanol–water partition coefficient (Wildman–Crippen LogP) is -0.229. The van der Waals surface area contributed by atoms with Crippen molar-refractivity contribution in [1.29, 1.82) is 0 Å². The number of nitrogen functional groups attached to an aromatic ring is 1. The smallest absolute Gasteiger partial charge is 0.187 e. The highest BCUT2D eigenvalue weighted by Gasteiger charge is 2.36. The minimum atomic E-state index is -0.713. The Balaban J connectivity index is 2.06. The van der Waals surface area contributed by atoms with Gasteiger partial charge in [0.25, 0.3) is 0 Å². The van der Waals surface area contributed by atoms with Gasteiger partial charge in [-0.25, -0.2) is 14.6 Å². The van der Waals surface area contributed by atoms with Crippen LogP contribution in [0, 0.1) is 0 Å². The Morgan fingerprint density at radius 1 is 1.55 bits per heavy atom. The summed E-state index contributed by atoms with van der Waals surface area (Å²) in [6.45, 7) is -0.227. The fourth-order valence-corrected chi connectivity index (χ4v) is 3.10. The van der Waals surface area contributed by atoms with Gasteiger partial charge in [-0.1, -0.05) is 0 Å². The molecule has 0 amide bonds. The Hall–Kier alpha value is -1.42. The van der Waals surface area contributed by atoms with Crippen LogP contribution >= 0.6 is 11.8 Å². The number of rotatable bonds is 3. The number of aliphatic hydroxyl groups is 2. The van der Waals surface area contributed by atoms with E-state index in [1.165, 1.54) is 18.1 Å². The Labute approximate surface area is 119 Å². The molecule has 1 saturated heterocycles. The number of hydrogen-bond donors (Lipinski definition) is 3. The summed E-state index contributed by atoms with van der Waals surface area (Å²) >= 11 is 1.46. The highest BCUT2D eigenvalue weighted by molar-refractivity contribution is 7.98. The summed E-state index contributed by atoms with van der Waals surface area (Å²) in [5.74, 6) is 0.364. The third-order valence-electron chi connectivity index (χ3n) is 3.33. The van der Waals surface area contributed by atoms with Crippen LogP contribution in [-0.4, -0.2) is 55.0 Å². The fourth-order valence-electron chi connectivity index (χ4n) is 2.35. The van der Waals surface area contributed by atoms with Crippen LogP contribution in [0.4, 0.5) is 5.82 Å². The average Bonchev–Trinajstić information content (AvgIpc) is 2.99. The van der Waals surface area contributed by atoms with Gasteiger partial charge in [-0.15, -0.1) is 16.9 Å². The van der Waals surface area contributed by atoms with Crippen LogP contribution in [0.1, 0.15) is 12.6 Å². The second kappa shape index (κ2) is 5.17. The lowest BCUT2D eigenvalue weighted by Gasteiger charge is -2.14. The van der Waals surface area contributed by atoms with Crippen LogP contribution in [0.2, 0.25) is 0 Å². The highest BCUT2D eigenvalue weighted by atomic mass is 32.2. The molecule has 3 atom stereocenters. The number of fused-ring (bicyclic) bond motifs is 1. The Morgan fingerprint density at radius 3 is 3.00 bits per heavy atom. The Kier molecular flexibility index (Phi) is 3.50. The predicted molar refractivity (Wildman–Crippen MR) is 73.1 cm³/mol. The molecule has 0 aliphatic carbocycles. The summed E-state index contributed by atoms with van der Waals surface area (Å²) in [5.41, 5.74) is 6.37. The van der Waals surface area contributed by atoms with Crippen molar-refractivity contribution in [2.75, 3.05) is 18.6 Å². The van der Waals surface area contributed by atoms with E-state index in [0.29, 0.717) is 23.3 Å². The van der Waals surface area contributed by atoms with Crippen molar-refractivity contribution in [3.8, 4) is 0 Å². The van der Waals surface area contributed by atoms with Crippen LogP contribution in [0.25, 0.3) is 11.0 Å². The maximum atomic E-state index is 9.83. The second-order valence-electron chi connectivity index (χ2n) is 4.53. The lowest BCUT2D eigenvalue weighted by atomic mass is 10.2. The largest absolute Gasteiger partial charge is 0.394 e. The van der Waals surface area contributed by atoms with Gasteiger partial charge < -0.3 is 20.7 Å². The molecule has 0 unspecified atom stereocenters. The van der Waals surface area contributed by atoms with Crippen molar-refractivity contribution in [2.45, 2.75) is 29.9 Å². The summed E-state index contributed by atoms with van der Waals surface area (Å²) in [4.78, 5) is 8.07. The SMILES string of the molecule is CSc1c2c(N)ncnc2nn1[C@H]1C[C@H](O)[C@@H](CO)O1. The van der Waals surface area contributed by atoms with E-state index in [4.69, 9.17) is 15.6 Å². The molecule has 1 fully saturated rings. The number of ether oxygens (including phenoxy) is 1. The first kappa shape index (κ1) is 13.6. The fraction of sp³-hybridized carbons (Fsp3) is 0.545. The third kappa shape index (κ3) is 2.03. The molecule has 2 aromatic heterocycles. The number of nitrogens with zero attached hydrogens (tertiary/aromatic N) is 4. The van der Waals surface area contributed by atoms with E-state index in [9.17, 15) is 5.11 Å². The molecule has 0 saturated carbocycles. The lowest BCUT2D eigenvalue weighted by molar-refractivity contribution is -0.0510. The van der Waals surface area contributed by atoms with Gasteiger partial charge in [0.15, 0.2) is 11.9 Å². The Bertz CT molecular complexity index is 634. The zero-order chi connectivity index (χ0) is 14.3. The van der Waals surface area contributed by atoms with E-state index in [1.54, 1.807) is 4.68 Å². The summed E-state index contributed by atoms with van der Waals surface area (Å²) in [6.07, 6.45) is 1.87. The van der Waals surface area contributed by atoms with E-state index >= 15 is 0 Å². The van der Waals surface area contributed by atoms with Crippen LogP contribution in [0.15, 0.2) is 11.4 Å². The maximum absolute atomic E-state index is 9.83. The van der Waals surface area contributed by atoms with E-state index in [-0.39, 0.29) is 6.61 Å². The van der Waals surface area contributed by atoms with Crippen molar-refractivity contribution in [1.82, 2.24) is 19.7 Å². The quantitative estimate of drug-likeness (QED) is 0.665. The number of thioether (sulfide) groups is 1. The first-order valence-electron chi connectivity index (χ1n) is 6.12. The first-order chi connectivity index (χ1) is 9.65. The molecule has 108 valence electrons. The maximum Gasteiger partial charge on any atom is 0.187 e. The molecule has 1 aliphatic rings. The summed E-state index contributed by atoms with van der Waals surface area (Å²) in [5, 5.41) is 24.8. The zero-order valence-electron chi connectivity index (χ0n) is 10.8. The van der Waals surface area contributed by atoms with Gasteiger partial charge in [-0.3, -0.25) is 0 Å². The minimum absolute atomic E-state index is 0.227. The summed E-state index contributed by atoms with van der Waals surface area (Å²) < 4.78 is 7.27. The van der Waals surface area contributed by atoms with Gasteiger partial charge in [0, 0.05) is 6.42 Å². The average molecular weight is 297 g/mol. The van der Waals surface area contributed by atoms with Gasteiger partial charge in [0.2, 0.25) is 0 Å². The molecule has 0 spiro atoms.